The Kier molecular flexibility index (Phi) is 6.15. The molecule has 1 N–H and O–H groups in total. The van der Waals surface area contributed by atoms with Gasteiger partial charge in [-0.25, -0.2) is 14.6 Å². The van der Waals surface area contributed by atoms with Crippen LogP contribution in [0.5, 0.6) is 0 Å². The molecule has 10 nitrogen and oxygen atoms in total. The highest BCUT2D eigenvalue weighted by Crippen LogP contribution is 2.29. The van der Waals surface area contributed by atoms with E-state index in [1.807, 2.05) is 23.6 Å². The summed E-state index contributed by atoms with van der Waals surface area (Å²) >= 11 is 0. The summed E-state index contributed by atoms with van der Waals surface area (Å²) in [5.74, 6) is -0.235. The van der Waals surface area contributed by atoms with Crippen LogP contribution in [0.1, 0.15) is 37.7 Å². The number of amides is 1. The number of pyridine rings is 1. The largest absolute Gasteiger partial charge is 0.465 e. The minimum atomic E-state index is -0.600. The van der Waals surface area contributed by atoms with Crippen molar-refractivity contribution < 1.29 is 19.1 Å². The number of aromatic nitrogens is 4. The molecule has 38 heavy (non-hydrogen) atoms. The van der Waals surface area contributed by atoms with Gasteiger partial charge in [-0.2, -0.15) is 0 Å². The van der Waals surface area contributed by atoms with Crippen molar-refractivity contribution in [3.05, 3.63) is 99.4 Å². The number of esters is 1. The summed E-state index contributed by atoms with van der Waals surface area (Å²) in [6.45, 7) is 2.30. The van der Waals surface area contributed by atoms with E-state index >= 15 is 0 Å². The Hall–Kier alpha value is -4.99. The van der Waals surface area contributed by atoms with E-state index in [1.54, 1.807) is 56.7 Å². The van der Waals surface area contributed by atoms with Crippen molar-refractivity contribution in [3.63, 3.8) is 0 Å². The number of benzene rings is 2. The zero-order chi connectivity index (χ0) is 27.1. The van der Waals surface area contributed by atoms with Crippen molar-refractivity contribution in [2.75, 3.05) is 21.2 Å². The minimum Gasteiger partial charge on any atom is -0.465 e. The number of fused-ring (bicyclic) bond motifs is 2. The fraction of sp³-hybridized carbons (Fsp3) is 0.179. The van der Waals surface area contributed by atoms with Crippen LogP contribution in [0.4, 0.5) is 4.79 Å². The molecule has 10 heteroatoms. The van der Waals surface area contributed by atoms with E-state index in [0.717, 1.165) is 11.1 Å². The number of aryl methyl sites for hydroxylation is 1. The van der Waals surface area contributed by atoms with Crippen molar-refractivity contribution in [2.45, 2.75) is 13.5 Å². The van der Waals surface area contributed by atoms with Gasteiger partial charge in [0.15, 0.2) is 11.3 Å². The van der Waals surface area contributed by atoms with Gasteiger partial charge in [-0.15, -0.1) is 0 Å². The second-order valence-corrected chi connectivity index (χ2v) is 9.09. The van der Waals surface area contributed by atoms with Gasteiger partial charge in [0.2, 0.25) is 0 Å². The zero-order valence-electron chi connectivity index (χ0n) is 21.3. The quantitative estimate of drug-likeness (QED) is 0.285. The third-order valence-corrected chi connectivity index (χ3v) is 6.49. The van der Waals surface area contributed by atoms with E-state index in [-0.39, 0.29) is 28.5 Å². The molecule has 3 heterocycles. The van der Waals surface area contributed by atoms with Crippen LogP contribution in [-0.2, 0) is 11.3 Å². The fourth-order valence-corrected chi connectivity index (χ4v) is 4.59. The number of hydrogen-bond acceptors (Lipinski definition) is 6. The Morgan fingerprint density at radius 1 is 1.00 bits per heavy atom. The molecule has 0 spiro atoms. The van der Waals surface area contributed by atoms with Crippen LogP contribution in [0.25, 0.3) is 21.9 Å². The SMILES string of the molecule is COC(=O)c1cccc2c1c(C(=O)c1ccc(Cn3c(C)nc4c(=O)[nH]ccc43)cc1)cn2C(=O)N(C)C. The van der Waals surface area contributed by atoms with Gasteiger partial charge in [0, 0.05) is 49.5 Å². The van der Waals surface area contributed by atoms with E-state index in [4.69, 9.17) is 4.74 Å². The predicted octanol–water partition coefficient (Wildman–Crippen LogP) is 3.58. The van der Waals surface area contributed by atoms with Crippen molar-refractivity contribution in [1.82, 2.24) is 24.0 Å². The van der Waals surface area contributed by atoms with Crippen LogP contribution in [0.15, 0.2) is 65.7 Å². The smallest absolute Gasteiger partial charge is 0.338 e. The standard InChI is InChI=1S/C28H25N5O5/c1-16-30-24-22(12-13-29-26(24)35)32(16)14-17-8-10-18(11-9-17)25(34)20-15-33(28(37)31(2)3)21-7-5-6-19(23(20)21)27(36)38-4/h5-13,15H,14H2,1-4H3,(H,29,35). The number of carbonyl (C=O) groups excluding carboxylic acids is 3. The molecule has 0 bridgehead atoms. The maximum Gasteiger partial charge on any atom is 0.338 e. The molecule has 0 aliphatic heterocycles. The molecule has 5 rings (SSSR count). The fourth-order valence-electron chi connectivity index (χ4n) is 4.59. The van der Waals surface area contributed by atoms with E-state index < -0.39 is 5.97 Å². The van der Waals surface area contributed by atoms with Crippen molar-refractivity contribution in [2.24, 2.45) is 0 Å². The normalized spacial score (nSPS) is 11.2. The first-order valence-electron chi connectivity index (χ1n) is 11.8. The molecule has 0 atom stereocenters. The summed E-state index contributed by atoms with van der Waals surface area (Å²) in [5, 5.41) is 0.356. The van der Waals surface area contributed by atoms with Crippen LogP contribution in [-0.4, -0.2) is 63.0 Å². The number of nitrogens with zero attached hydrogens (tertiary/aromatic N) is 4. The Bertz CT molecular complexity index is 1790. The predicted molar refractivity (Wildman–Crippen MR) is 142 cm³/mol. The second kappa shape index (κ2) is 9.47. The summed E-state index contributed by atoms with van der Waals surface area (Å²) in [6.07, 6.45) is 3.05. The lowest BCUT2D eigenvalue weighted by Gasteiger charge is -2.11. The van der Waals surface area contributed by atoms with Gasteiger partial charge in [0.1, 0.15) is 5.82 Å². The maximum absolute atomic E-state index is 13.7. The molecule has 0 saturated carbocycles. The van der Waals surface area contributed by atoms with Crippen molar-refractivity contribution >= 4 is 39.7 Å². The summed E-state index contributed by atoms with van der Waals surface area (Å²) < 4.78 is 8.23. The van der Waals surface area contributed by atoms with Crippen molar-refractivity contribution in [3.8, 4) is 0 Å². The number of ether oxygens (including phenoxy) is 1. The van der Waals surface area contributed by atoms with Gasteiger partial charge < -0.3 is 19.2 Å². The first-order valence-corrected chi connectivity index (χ1v) is 11.8. The minimum absolute atomic E-state index is 0.202. The molecular weight excluding hydrogens is 486 g/mol. The van der Waals surface area contributed by atoms with Crippen LogP contribution in [0.2, 0.25) is 0 Å². The highest BCUT2D eigenvalue weighted by atomic mass is 16.5. The summed E-state index contributed by atoms with van der Waals surface area (Å²) in [4.78, 5) is 59.5. The molecule has 192 valence electrons. The number of methoxy groups -OCH3 is 1. The number of rotatable bonds is 5. The maximum atomic E-state index is 13.7. The lowest BCUT2D eigenvalue weighted by Crippen LogP contribution is -2.26. The Balaban J connectivity index is 1.54. The molecule has 0 aliphatic carbocycles. The van der Waals surface area contributed by atoms with E-state index in [9.17, 15) is 19.2 Å². The average molecular weight is 512 g/mol. The number of ketones is 1. The van der Waals surface area contributed by atoms with Crippen LogP contribution < -0.4 is 5.56 Å². The number of aromatic amines is 1. The van der Waals surface area contributed by atoms with Gasteiger partial charge in [-0.3, -0.25) is 14.2 Å². The Morgan fingerprint density at radius 2 is 1.74 bits per heavy atom. The average Bonchev–Trinajstić information content (AvgIpc) is 3.46. The lowest BCUT2D eigenvalue weighted by molar-refractivity contribution is 0.0603. The van der Waals surface area contributed by atoms with E-state index in [2.05, 4.69) is 9.97 Å². The van der Waals surface area contributed by atoms with Gasteiger partial charge >= 0.3 is 12.0 Å². The topological polar surface area (TPSA) is 119 Å². The number of hydrogen-bond donors (Lipinski definition) is 1. The molecule has 0 aliphatic rings. The molecule has 2 aromatic carbocycles. The van der Waals surface area contributed by atoms with Crippen LogP contribution in [0, 0.1) is 6.92 Å². The molecule has 0 fully saturated rings. The second-order valence-electron chi connectivity index (χ2n) is 9.09. The first kappa shape index (κ1) is 24.7. The highest BCUT2D eigenvalue weighted by molar-refractivity contribution is 6.21. The molecule has 5 aromatic rings. The summed E-state index contributed by atoms with van der Waals surface area (Å²) in [7, 11) is 4.49. The first-order chi connectivity index (χ1) is 18.2. The highest BCUT2D eigenvalue weighted by Gasteiger charge is 2.25. The molecule has 0 unspecified atom stereocenters. The van der Waals surface area contributed by atoms with E-state index in [1.165, 1.54) is 22.8 Å². The summed E-state index contributed by atoms with van der Waals surface area (Å²) in [6, 6.07) is 13.4. The Morgan fingerprint density at radius 3 is 2.42 bits per heavy atom. The molecular formula is C28H25N5O5. The van der Waals surface area contributed by atoms with Gasteiger partial charge in [-0.1, -0.05) is 30.3 Å². The van der Waals surface area contributed by atoms with Gasteiger partial charge in [-0.05, 0) is 30.7 Å². The lowest BCUT2D eigenvalue weighted by atomic mass is 9.98. The zero-order valence-corrected chi connectivity index (χ0v) is 21.3. The number of imidazole rings is 1. The van der Waals surface area contributed by atoms with Gasteiger partial charge in [0.05, 0.1) is 23.7 Å². The van der Waals surface area contributed by atoms with Crippen molar-refractivity contribution in [1.29, 1.82) is 0 Å². The van der Waals surface area contributed by atoms with Crippen LogP contribution in [0.3, 0.4) is 0 Å². The molecule has 0 saturated heterocycles. The molecule has 0 radical (unpaired) electrons. The van der Waals surface area contributed by atoms with E-state index in [0.29, 0.717) is 34.4 Å². The molecule has 3 aromatic heterocycles. The number of carbonyl (C=O) groups is 3. The number of nitrogens with one attached hydrogen (secondary N) is 1. The van der Waals surface area contributed by atoms with Gasteiger partial charge in [0.25, 0.3) is 5.56 Å². The third kappa shape index (κ3) is 4.05. The monoisotopic (exact) mass is 511 g/mol. The van der Waals surface area contributed by atoms with Crippen LogP contribution >= 0.6 is 0 Å². The number of H-pyrrole nitrogens is 1. The Labute approximate surface area is 217 Å². The summed E-state index contributed by atoms with van der Waals surface area (Å²) in [5.41, 5.74) is 3.01. The third-order valence-electron chi connectivity index (χ3n) is 6.49. The molecule has 1 amide bonds.